The number of rotatable bonds is 5. The summed E-state index contributed by atoms with van der Waals surface area (Å²) in [5.41, 5.74) is 2.70. The number of pyridine rings is 1. The number of methoxy groups -OCH3 is 1. The van der Waals surface area contributed by atoms with Crippen LogP contribution in [0.1, 0.15) is 5.82 Å². The number of ether oxygens (including phenoxy) is 1. The van der Waals surface area contributed by atoms with Crippen molar-refractivity contribution in [1.29, 1.82) is 0 Å². The summed E-state index contributed by atoms with van der Waals surface area (Å²) in [6, 6.07) is 19.6. The van der Waals surface area contributed by atoms with E-state index in [1.165, 1.54) is 0 Å². The predicted octanol–water partition coefficient (Wildman–Crippen LogP) is 4.83. The van der Waals surface area contributed by atoms with Crippen molar-refractivity contribution >= 4 is 33.9 Å². The molecule has 0 aliphatic rings. The van der Waals surface area contributed by atoms with E-state index in [0.29, 0.717) is 17.5 Å². The van der Waals surface area contributed by atoms with E-state index in [9.17, 15) is 0 Å². The number of hydrogen-bond donors (Lipinski definition) is 2. The van der Waals surface area contributed by atoms with Crippen molar-refractivity contribution < 1.29 is 4.74 Å². The van der Waals surface area contributed by atoms with Gasteiger partial charge in [0.05, 0.1) is 18.3 Å². The van der Waals surface area contributed by atoms with E-state index in [1.54, 1.807) is 13.3 Å². The first-order valence-electron chi connectivity index (χ1n) is 8.59. The van der Waals surface area contributed by atoms with Crippen LogP contribution in [0.25, 0.3) is 10.9 Å². The van der Waals surface area contributed by atoms with E-state index in [1.807, 2.05) is 67.6 Å². The van der Waals surface area contributed by atoms with E-state index < -0.39 is 0 Å². The van der Waals surface area contributed by atoms with Gasteiger partial charge in [-0.25, -0.2) is 9.97 Å². The van der Waals surface area contributed by atoms with Crippen molar-refractivity contribution in [2.45, 2.75) is 6.92 Å². The third kappa shape index (κ3) is 3.79. The number of aromatic nitrogens is 3. The fraction of sp³-hybridized carbons (Fsp3) is 0.0952. The molecule has 0 saturated heterocycles. The molecule has 0 unspecified atom stereocenters. The van der Waals surface area contributed by atoms with Crippen LogP contribution in [0.3, 0.4) is 0 Å². The molecule has 6 heteroatoms. The first-order chi connectivity index (χ1) is 13.2. The largest absolute Gasteiger partial charge is 0.497 e. The molecule has 134 valence electrons. The minimum Gasteiger partial charge on any atom is -0.497 e. The molecule has 27 heavy (non-hydrogen) atoms. The fourth-order valence-corrected chi connectivity index (χ4v) is 2.89. The van der Waals surface area contributed by atoms with E-state index in [2.05, 4.69) is 25.6 Å². The molecule has 0 amide bonds. The smallest absolute Gasteiger partial charge is 0.136 e. The number of fused-ring (bicyclic) bond motifs is 1. The summed E-state index contributed by atoms with van der Waals surface area (Å²) in [5, 5.41) is 7.73. The summed E-state index contributed by atoms with van der Waals surface area (Å²) < 4.78 is 5.27. The van der Waals surface area contributed by atoms with Crippen LogP contribution in [0.15, 0.2) is 66.9 Å². The van der Waals surface area contributed by atoms with Gasteiger partial charge in [-0.3, -0.25) is 4.98 Å². The third-order valence-electron chi connectivity index (χ3n) is 4.08. The molecule has 0 aliphatic carbocycles. The summed E-state index contributed by atoms with van der Waals surface area (Å²) in [6.45, 7) is 1.86. The Balaban J connectivity index is 1.64. The highest BCUT2D eigenvalue weighted by molar-refractivity contribution is 5.91. The number of benzene rings is 2. The molecule has 0 fully saturated rings. The number of anilines is 4. The Labute approximate surface area is 157 Å². The molecule has 2 N–H and O–H groups in total. The Morgan fingerprint density at radius 3 is 2.48 bits per heavy atom. The maximum absolute atomic E-state index is 5.27. The summed E-state index contributed by atoms with van der Waals surface area (Å²) in [4.78, 5) is 13.4. The van der Waals surface area contributed by atoms with Crippen LogP contribution in [0.5, 0.6) is 5.75 Å². The van der Waals surface area contributed by atoms with E-state index in [-0.39, 0.29) is 0 Å². The van der Waals surface area contributed by atoms with Crippen molar-refractivity contribution in [3.05, 3.63) is 72.7 Å². The SMILES string of the molecule is COc1cccc(Nc2cc(Nc3cccc4cccnc34)nc(C)n2)c1. The number of nitrogens with zero attached hydrogens (tertiary/aromatic N) is 3. The molecular weight excluding hydrogens is 338 g/mol. The number of hydrogen-bond acceptors (Lipinski definition) is 6. The zero-order valence-corrected chi connectivity index (χ0v) is 15.1. The number of nitrogens with one attached hydrogen (secondary N) is 2. The van der Waals surface area contributed by atoms with Gasteiger partial charge in [0.2, 0.25) is 0 Å². The lowest BCUT2D eigenvalue weighted by molar-refractivity contribution is 0.415. The van der Waals surface area contributed by atoms with Crippen LogP contribution < -0.4 is 15.4 Å². The molecule has 2 aromatic carbocycles. The van der Waals surface area contributed by atoms with Gasteiger partial charge in [0.15, 0.2) is 0 Å². The van der Waals surface area contributed by atoms with Crippen LogP contribution >= 0.6 is 0 Å². The monoisotopic (exact) mass is 357 g/mol. The molecule has 0 bridgehead atoms. The topological polar surface area (TPSA) is 72.0 Å². The molecular formula is C21H19N5O. The lowest BCUT2D eigenvalue weighted by Gasteiger charge is -2.12. The average molecular weight is 357 g/mol. The molecule has 0 radical (unpaired) electrons. The second kappa shape index (κ2) is 7.29. The van der Waals surface area contributed by atoms with Crippen molar-refractivity contribution in [2.75, 3.05) is 17.7 Å². The first kappa shape index (κ1) is 16.8. The van der Waals surface area contributed by atoms with Crippen molar-refractivity contribution in [3.8, 4) is 5.75 Å². The Kier molecular flexibility index (Phi) is 4.53. The second-order valence-electron chi connectivity index (χ2n) is 6.05. The van der Waals surface area contributed by atoms with Crippen LogP contribution in [-0.4, -0.2) is 22.1 Å². The summed E-state index contributed by atoms with van der Waals surface area (Å²) >= 11 is 0. The Morgan fingerprint density at radius 1 is 0.852 bits per heavy atom. The van der Waals surface area contributed by atoms with Gasteiger partial charge in [0.25, 0.3) is 0 Å². The molecule has 6 nitrogen and oxygen atoms in total. The number of aryl methyl sites for hydroxylation is 1. The van der Waals surface area contributed by atoms with Gasteiger partial charge in [-0.2, -0.15) is 0 Å². The first-order valence-corrected chi connectivity index (χ1v) is 8.59. The van der Waals surface area contributed by atoms with Gasteiger partial charge in [0.1, 0.15) is 23.2 Å². The van der Waals surface area contributed by atoms with E-state index in [4.69, 9.17) is 4.74 Å². The minimum atomic E-state index is 0.665. The zero-order chi connectivity index (χ0) is 18.6. The molecule has 4 aromatic rings. The Hall–Kier alpha value is -3.67. The van der Waals surface area contributed by atoms with Gasteiger partial charge in [-0.05, 0) is 31.2 Å². The highest BCUT2D eigenvalue weighted by atomic mass is 16.5. The predicted molar refractivity (Wildman–Crippen MR) is 108 cm³/mol. The molecule has 0 aliphatic heterocycles. The average Bonchev–Trinajstić information content (AvgIpc) is 2.68. The second-order valence-corrected chi connectivity index (χ2v) is 6.05. The third-order valence-corrected chi connectivity index (χ3v) is 4.08. The fourth-order valence-electron chi connectivity index (χ4n) is 2.89. The van der Waals surface area contributed by atoms with Crippen molar-refractivity contribution in [1.82, 2.24) is 15.0 Å². The lowest BCUT2D eigenvalue weighted by Crippen LogP contribution is -2.02. The highest BCUT2D eigenvalue weighted by Gasteiger charge is 2.07. The Bertz CT molecular complexity index is 1090. The lowest BCUT2D eigenvalue weighted by atomic mass is 10.2. The highest BCUT2D eigenvalue weighted by Crippen LogP contribution is 2.26. The molecule has 4 rings (SSSR count). The van der Waals surface area contributed by atoms with Gasteiger partial charge in [-0.15, -0.1) is 0 Å². The minimum absolute atomic E-state index is 0.665. The summed E-state index contributed by atoms with van der Waals surface area (Å²) in [7, 11) is 1.65. The van der Waals surface area contributed by atoms with Crippen LogP contribution in [0, 0.1) is 6.92 Å². The van der Waals surface area contributed by atoms with Gasteiger partial charge in [0, 0.05) is 29.4 Å². The van der Waals surface area contributed by atoms with Crippen molar-refractivity contribution in [3.63, 3.8) is 0 Å². The number of para-hydroxylation sites is 1. The van der Waals surface area contributed by atoms with Gasteiger partial charge >= 0.3 is 0 Å². The van der Waals surface area contributed by atoms with Crippen LogP contribution in [0.4, 0.5) is 23.0 Å². The maximum atomic E-state index is 5.27. The van der Waals surface area contributed by atoms with Crippen molar-refractivity contribution in [2.24, 2.45) is 0 Å². The standard InChI is InChI=1S/C21H19N5O/c1-14-23-19(25-16-8-4-9-17(12-16)27-2)13-20(24-14)26-18-10-3-6-15-7-5-11-22-21(15)18/h3-13H,1-2H3,(H2,23,24,25,26). The molecule has 0 atom stereocenters. The quantitative estimate of drug-likeness (QED) is 0.533. The Morgan fingerprint density at radius 2 is 1.63 bits per heavy atom. The summed E-state index contributed by atoms with van der Waals surface area (Å²) in [6.07, 6.45) is 1.79. The van der Waals surface area contributed by atoms with E-state index in [0.717, 1.165) is 28.0 Å². The van der Waals surface area contributed by atoms with Crippen LogP contribution in [0.2, 0.25) is 0 Å². The molecule has 0 saturated carbocycles. The van der Waals surface area contributed by atoms with Gasteiger partial charge < -0.3 is 15.4 Å². The zero-order valence-electron chi connectivity index (χ0n) is 15.1. The summed E-state index contributed by atoms with van der Waals surface area (Å²) in [5.74, 6) is 2.85. The molecule has 0 spiro atoms. The normalized spacial score (nSPS) is 10.6. The van der Waals surface area contributed by atoms with E-state index >= 15 is 0 Å². The maximum Gasteiger partial charge on any atom is 0.136 e. The molecule has 2 aromatic heterocycles. The van der Waals surface area contributed by atoms with Gasteiger partial charge in [-0.1, -0.05) is 24.3 Å². The van der Waals surface area contributed by atoms with Crippen LogP contribution in [-0.2, 0) is 0 Å². The molecule has 2 heterocycles.